The van der Waals surface area contributed by atoms with Crippen LogP contribution in [0.1, 0.15) is 90.9 Å². The molecular weight excluding hydrogens is 432 g/mol. The van der Waals surface area contributed by atoms with Crippen molar-refractivity contribution >= 4 is 35.6 Å². The van der Waals surface area contributed by atoms with Crippen molar-refractivity contribution < 1.29 is 24.3 Å². The zero-order valence-corrected chi connectivity index (χ0v) is 20.1. The quantitative estimate of drug-likeness (QED) is 0.249. The number of nitrogens with one attached hydrogen (secondary N) is 2. The monoisotopic (exact) mass is 470 g/mol. The molecule has 4 amide bonds. The molecular formula is C22H38N4O5S. The van der Waals surface area contributed by atoms with Crippen LogP contribution in [0.3, 0.4) is 0 Å². The summed E-state index contributed by atoms with van der Waals surface area (Å²) >= 11 is 1.71. The molecule has 2 fully saturated rings. The average Bonchev–Trinajstić information content (AvgIpc) is 3.26. The first kappa shape index (κ1) is 26.3. The number of hydrogen-bond acceptors (Lipinski definition) is 5. The summed E-state index contributed by atoms with van der Waals surface area (Å²) in [5.41, 5.74) is 5.58. The molecule has 0 aromatic heterocycles. The fourth-order valence-electron chi connectivity index (χ4n) is 4.20. The minimum Gasteiger partial charge on any atom is -0.481 e. The number of hydrazine groups is 2. The number of amides is 4. The summed E-state index contributed by atoms with van der Waals surface area (Å²) in [5.74, 6) is -0.520. The number of thioether (sulfide) groups is 1. The van der Waals surface area contributed by atoms with Crippen molar-refractivity contribution in [3.63, 3.8) is 0 Å². The van der Waals surface area contributed by atoms with E-state index in [2.05, 4.69) is 24.7 Å². The molecule has 3 N–H and O–H groups in total. The zero-order valence-electron chi connectivity index (χ0n) is 19.3. The van der Waals surface area contributed by atoms with Crippen LogP contribution in [-0.2, 0) is 14.4 Å². The van der Waals surface area contributed by atoms with E-state index in [1.807, 2.05) is 0 Å². The maximum absolute atomic E-state index is 13.2. The standard InChI is InChI=1S/C22H38N4O5S/c1-3-5-7-12-18(27)23-25-16-15-32-17(11-9-10-14-20(29)30)21(16)26(22(25)31)24-19(28)13-8-6-4-2/h16-17,21H,3-15H2,1-2H3,(H,23,27)(H,24,28)(H,29,30)/t16-,17-,21-/m0/s1. The number of carboxylic acids is 1. The second-order valence-electron chi connectivity index (χ2n) is 8.58. The van der Waals surface area contributed by atoms with E-state index in [0.717, 1.165) is 51.4 Å². The van der Waals surface area contributed by atoms with Crippen LogP contribution in [0.15, 0.2) is 0 Å². The molecule has 0 aromatic carbocycles. The summed E-state index contributed by atoms with van der Waals surface area (Å²) in [5, 5.41) is 11.8. The lowest BCUT2D eigenvalue weighted by Gasteiger charge is -2.27. The van der Waals surface area contributed by atoms with E-state index in [-0.39, 0.29) is 35.6 Å². The molecule has 0 unspecified atom stereocenters. The second kappa shape index (κ2) is 13.5. The van der Waals surface area contributed by atoms with Crippen LogP contribution < -0.4 is 10.9 Å². The summed E-state index contributed by atoms with van der Waals surface area (Å²) in [6.07, 6.45) is 8.40. The Bertz CT molecular complexity index is 662. The summed E-state index contributed by atoms with van der Waals surface area (Å²) in [6.45, 7) is 4.14. The Morgan fingerprint density at radius 3 is 2.03 bits per heavy atom. The summed E-state index contributed by atoms with van der Waals surface area (Å²) in [6, 6.07) is -0.866. The van der Waals surface area contributed by atoms with Gasteiger partial charge in [0.1, 0.15) is 0 Å². The molecule has 0 radical (unpaired) electrons. The lowest BCUT2D eigenvalue weighted by Crippen LogP contribution is -2.52. The molecule has 2 heterocycles. The van der Waals surface area contributed by atoms with Gasteiger partial charge in [-0.3, -0.25) is 25.2 Å². The summed E-state index contributed by atoms with van der Waals surface area (Å²) in [4.78, 5) is 48.8. The summed E-state index contributed by atoms with van der Waals surface area (Å²) < 4.78 is 0. The molecule has 32 heavy (non-hydrogen) atoms. The number of nitrogens with zero attached hydrogens (tertiary/aromatic N) is 2. The molecule has 182 valence electrons. The van der Waals surface area contributed by atoms with Gasteiger partial charge >= 0.3 is 12.0 Å². The number of aliphatic carboxylic acids is 1. The van der Waals surface area contributed by atoms with E-state index < -0.39 is 12.0 Å². The normalized spacial score (nSPS) is 22.2. The number of urea groups is 1. The number of carbonyl (C=O) groups is 4. The number of carboxylic acid groups (broad SMARTS) is 1. The third-order valence-corrected chi connectivity index (χ3v) is 7.41. The molecule has 2 saturated heterocycles. The number of rotatable bonds is 15. The van der Waals surface area contributed by atoms with Gasteiger partial charge in [-0.05, 0) is 25.7 Å². The zero-order chi connectivity index (χ0) is 23.5. The van der Waals surface area contributed by atoms with Gasteiger partial charge in [-0.15, -0.1) is 0 Å². The molecule has 3 atom stereocenters. The van der Waals surface area contributed by atoms with Crippen LogP contribution in [-0.4, -0.2) is 62.0 Å². The van der Waals surface area contributed by atoms with E-state index in [4.69, 9.17) is 5.11 Å². The van der Waals surface area contributed by atoms with Crippen molar-refractivity contribution in [3.05, 3.63) is 0 Å². The predicted octanol–water partition coefficient (Wildman–Crippen LogP) is 3.44. The van der Waals surface area contributed by atoms with Crippen molar-refractivity contribution in [3.8, 4) is 0 Å². The molecule has 0 saturated carbocycles. The minimum absolute atomic E-state index is 0.0793. The Hall–Kier alpha value is -1.97. The Morgan fingerprint density at radius 2 is 1.47 bits per heavy atom. The maximum atomic E-state index is 13.2. The first-order chi connectivity index (χ1) is 15.4. The van der Waals surface area contributed by atoms with Gasteiger partial charge in [-0.1, -0.05) is 46.0 Å². The van der Waals surface area contributed by atoms with Crippen LogP contribution in [0.5, 0.6) is 0 Å². The van der Waals surface area contributed by atoms with Gasteiger partial charge in [0.05, 0.1) is 12.1 Å². The van der Waals surface area contributed by atoms with Gasteiger partial charge in [0.15, 0.2) is 0 Å². The Morgan fingerprint density at radius 1 is 0.906 bits per heavy atom. The average molecular weight is 471 g/mol. The highest BCUT2D eigenvalue weighted by Crippen LogP contribution is 2.40. The lowest BCUT2D eigenvalue weighted by molar-refractivity contribution is -0.137. The highest BCUT2D eigenvalue weighted by atomic mass is 32.2. The maximum Gasteiger partial charge on any atom is 0.358 e. The van der Waals surface area contributed by atoms with Crippen LogP contribution in [0.2, 0.25) is 0 Å². The van der Waals surface area contributed by atoms with Crippen LogP contribution in [0.25, 0.3) is 0 Å². The van der Waals surface area contributed by atoms with Crippen molar-refractivity contribution in [2.75, 3.05) is 5.75 Å². The summed E-state index contributed by atoms with van der Waals surface area (Å²) in [7, 11) is 0. The van der Waals surface area contributed by atoms with Gasteiger partial charge in [0.2, 0.25) is 11.8 Å². The van der Waals surface area contributed by atoms with Crippen molar-refractivity contribution in [1.82, 2.24) is 20.9 Å². The van der Waals surface area contributed by atoms with Crippen LogP contribution in [0, 0.1) is 0 Å². The van der Waals surface area contributed by atoms with Crippen molar-refractivity contribution in [2.24, 2.45) is 0 Å². The minimum atomic E-state index is -0.809. The first-order valence-corrected chi connectivity index (χ1v) is 13.0. The predicted molar refractivity (Wildman–Crippen MR) is 124 cm³/mol. The largest absolute Gasteiger partial charge is 0.481 e. The molecule has 9 nitrogen and oxygen atoms in total. The van der Waals surface area contributed by atoms with Gasteiger partial charge in [-0.25, -0.2) is 14.8 Å². The van der Waals surface area contributed by atoms with E-state index >= 15 is 0 Å². The van der Waals surface area contributed by atoms with Gasteiger partial charge < -0.3 is 5.11 Å². The van der Waals surface area contributed by atoms with Crippen LogP contribution in [0.4, 0.5) is 4.79 Å². The smallest absolute Gasteiger partial charge is 0.358 e. The lowest BCUT2D eigenvalue weighted by atomic mass is 10.0. The third kappa shape index (κ3) is 7.56. The first-order valence-electron chi connectivity index (χ1n) is 11.9. The number of fused-ring (bicyclic) bond motifs is 1. The number of hydrogen-bond donors (Lipinski definition) is 3. The highest BCUT2D eigenvalue weighted by molar-refractivity contribution is 8.00. The Labute approximate surface area is 195 Å². The topological polar surface area (TPSA) is 119 Å². The molecule has 2 rings (SSSR count). The van der Waals surface area contributed by atoms with Gasteiger partial charge in [0.25, 0.3) is 0 Å². The highest BCUT2D eigenvalue weighted by Gasteiger charge is 2.54. The molecule has 0 aromatic rings. The molecule has 0 aliphatic carbocycles. The van der Waals surface area contributed by atoms with Gasteiger partial charge in [-0.2, -0.15) is 11.8 Å². The van der Waals surface area contributed by atoms with E-state index in [0.29, 0.717) is 25.0 Å². The number of carbonyl (C=O) groups excluding carboxylic acids is 3. The molecule has 0 spiro atoms. The number of unbranched alkanes of at least 4 members (excludes halogenated alkanes) is 5. The Balaban J connectivity index is 2.04. The van der Waals surface area contributed by atoms with Crippen LogP contribution >= 0.6 is 11.8 Å². The SMILES string of the molecule is CCCCCC(=O)NN1C(=O)N(NC(=O)CCCCC)[C@H]2CS[C@@H](CCCCC(=O)O)[C@H]21. The molecule has 10 heteroatoms. The third-order valence-electron chi connectivity index (χ3n) is 5.93. The molecule has 2 aliphatic heterocycles. The fraction of sp³-hybridized carbons (Fsp3) is 0.818. The second-order valence-corrected chi connectivity index (χ2v) is 9.85. The van der Waals surface area contributed by atoms with E-state index in [9.17, 15) is 19.2 Å². The van der Waals surface area contributed by atoms with Crippen molar-refractivity contribution in [1.29, 1.82) is 0 Å². The van der Waals surface area contributed by atoms with E-state index in [1.165, 1.54) is 10.0 Å². The Kier molecular flexibility index (Phi) is 11.1. The van der Waals surface area contributed by atoms with Crippen molar-refractivity contribution in [2.45, 2.75) is 108 Å². The molecule has 0 bridgehead atoms. The molecule has 2 aliphatic rings. The van der Waals surface area contributed by atoms with Gasteiger partial charge in [0, 0.05) is 30.3 Å². The van der Waals surface area contributed by atoms with E-state index in [1.54, 1.807) is 11.8 Å². The fourth-order valence-corrected chi connectivity index (χ4v) is 5.82.